The van der Waals surface area contributed by atoms with Gasteiger partial charge in [-0.25, -0.2) is 0 Å². The van der Waals surface area contributed by atoms with E-state index in [0.29, 0.717) is 0 Å². The maximum atomic E-state index is 6.33. The Morgan fingerprint density at radius 3 is 0.718 bits per heavy atom. The van der Waals surface area contributed by atoms with Gasteiger partial charge in [0.2, 0.25) is 0 Å². The molecular weight excluding hydrogens is 1730 g/mol. The van der Waals surface area contributed by atoms with Crippen LogP contribution in [0.2, 0.25) is 0 Å². The Morgan fingerprint density at radius 2 is 0.373 bits per heavy atom. The molecule has 7 nitrogen and oxygen atoms in total. The number of fused-ring (bicyclic) bond motifs is 24. The molecule has 0 saturated carbocycles. The first-order chi connectivity index (χ1) is 70.1. The zero-order valence-corrected chi connectivity index (χ0v) is 77.9. The Kier molecular flexibility index (Phi) is 19.8. The summed E-state index contributed by atoms with van der Waals surface area (Å²) in [5, 5.41) is 23.5. The van der Waals surface area contributed by atoms with Crippen molar-refractivity contribution in [1.82, 2.24) is 0 Å². The van der Waals surface area contributed by atoms with E-state index in [9.17, 15) is 0 Å². The van der Waals surface area contributed by atoms with Crippen LogP contribution in [-0.2, 0) is 5.41 Å². The van der Waals surface area contributed by atoms with Crippen molar-refractivity contribution >= 4 is 204 Å². The highest BCUT2D eigenvalue weighted by atomic mass is 16.3. The number of nitrogens with zero attached hydrogens (tertiary/aromatic N) is 3. The molecule has 1 aliphatic rings. The molecule has 7 heteroatoms. The van der Waals surface area contributed by atoms with Gasteiger partial charge >= 0.3 is 0 Å². The molecule has 0 aliphatic heterocycles. The second kappa shape index (κ2) is 34.0. The Hall–Kier alpha value is -18.6. The fourth-order valence-electron chi connectivity index (χ4n) is 22.0. The molecule has 0 bridgehead atoms. The van der Waals surface area contributed by atoms with Crippen molar-refractivity contribution in [2.45, 2.75) is 19.3 Å². The van der Waals surface area contributed by atoms with Crippen molar-refractivity contribution in [1.29, 1.82) is 0 Å². The molecule has 0 amide bonds. The molecule has 4 heterocycles. The molecule has 0 radical (unpaired) electrons. The first kappa shape index (κ1) is 82.9. The third-order valence-electron chi connectivity index (χ3n) is 29.1. The van der Waals surface area contributed by atoms with Gasteiger partial charge < -0.3 is 32.4 Å². The minimum Gasteiger partial charge on any atom is -0.456 e. The minimum atomic E-state index is -0.0882. The Bertz CT molecular complexity index is 9730. The molecule has 0 fully saturated rings. The summed E-state index contributed by atoms with van der Waals surface area (Å²) in [5.74, 6) is 0. The van der Waals surface area contributed by atoms with Gasteiger partial charge in [0.05, 0.1) is 0 Å². The number of hydrogen-bond acceptors (Lipinski definition) is 7. The Labute approximate surface area is 819 Å². The van der Waals surface area contributed by atoms with Crippen LogP contribution in [0.1, 0.15) is 25.0 Å². The van der Waals surface area contributed by atoms with E-state index >= 15 is 0 Å². The lowest BCUT2D eigenvalue weighted by molar-refractivity contribution is 0.660. The maximum absolute atomic E-state index is 6.33. The van der Waals surface area contributed by atoms with Gasteiger partial charge in [0.15, 0.2) is 0 Å². The normalized spacial score (nSPS) is 12.2. The molecule has 0 spiro atoms. The summed E-state index contributed by atoms with van der Waals surface area (Å²) in [6.45, 7) is 4.70. The van der Waals surface area contributed by atoms with Crippen LogP contribution in [0, 0.1) is 0 Å². The highest BCUT2D eigenvalue weighted by Crippen LogP contribution is 2.53. The van der Waals surface area contributed by atoms with Crippen molar-refractivity contribution in [3.05, 3.63) is 515 Å². The van der Waals surface area contributed by atoms with Crippen LogP contribution in [0.4, 0.5) is 51.2 Å². The summed E-state index contributed by atoms with van der Waals surface area (Å²) in [5.41, 5.74) is 32.1. The van der Waals surface area contributed by atoms with Gasteiger partial charge in [0.1, 0.15) is 44.7 Å². The molecule has 29 rings (SSSR count). The van der Waals surface area contributed by atoms with Crippen molar-refractivity contribution < 1.29 is 17.7 Å². The monoisotopic (exact) mass is 1820 g/mol. The van der Waals surface area contributed by atoms with E-state index in [4.69, 9.17) is 17.7 Å². The standard InChI is InChI=1S/C47H33NO.C44H27NO2.C44H29NO/c1-47(2)43-14-8-6-12-38(43)39-25-23-36(28-44(39)47)48(34-20-18-31(19-21-34)30-10-4-3-5-11-30)35-22-24-37-32(26-35)16-17-33-27-42-40-13-7-9-15-45(40)49-46(42)29-41(33)37;1-2-8-28(9-3-1)29-16-18-32(19-17-29)45(34-21-23-38-36-10-4-6-12-41(36)46-43(38)26-34)33-20-22-35-30(24-33)14-15-31-25-40-37-11-5-7-13-42(37)47-44(40)27-39(31)35;1-3-9-30(10-4-1)32-17-21-36(22-18-32)45(37-23-19-33(20-24-37)31-11-5-2-6-12-31)38-25-26-39-34(27-38)15-16-35-28-42-40-13-7-8-14-43(40)46-44(42)29-41(35)39/h3-29H,1-2H3;1-27H;1-29H. The van der Waals surface area contributed by atoms with E-state index in [1.807, 2.05) is 48.5 Å². The third-order valence-corrected chi connectivity index (χ3v) is 29.1. The summed E-state index contributed by atoms with van der Waals surface area (Å²) >= 11 is 0. The number of furan rings is 4. The predicted octanol–water partition coefficient (Wildman–Crippen LogP) is 39.0. The quantitative estimate of drug-likeness (QED) is 0.107. The van der Waals surface area contributed by atoms with Gasteiger partial charge in [-0.3, -0.25) is 0 Å². The van der Waals surface area contributed by atoms with E-state index in [2.05, 4.69) is 484 Å². The average Bonchev–Trinajstić information content (AvgIpc) is 1.55. The summed E-state index contributed by atoms with van der Waals surface area (Å²) in [6, 6.07) is 180. The van der Waals surface area contributed by atoms with Crippen LogP contribution in [0.25, 0.3) is 208 Å². The summed E-state index contributed by atoms with van der Waals surface area (Å²) in [4.78, 5) is 7.06. The topological polar surface area (TPSA) is 62.3 Å². The lowest BCUT2D eigenvalue weighted by Gasteiger charge is -2.28. The first-order valence-corrected chi connectivity index (χ1v) is 48.6. The van der Waals surface area contributed by atoms with Crippen LogP contribution >= 0.6 is 0 Å². The molecule has 142 heavy (non-hydrogen) atoms. The van der Waals surface area contributed by atoms with Gasteiger partial charge in [0, 0.05) is 106 Å². The zero-order valence-electron chi connectivity index (χ0n) is 77.9. The SMILES string of the molecule is CC1(C)c2ccccc2-c2ccc(N(c3ccc(-c4ccccc4)cc3)c3ccc4c(ccc5cc6c(cc54)oc4ccccc46)c3)cc21.c1ccc(-c2ccc(N(c3ccc(-c4ccccc4)cc3)c3ccc4c(ccc5cc6c(cc54)oc4ccccc46)c3)cc2)cc1.c1ccc(-c2ccc(N(c3ccc4c(ccc5cc6c(cc54)oc4ccccc46)c3)c3ccc4c(c3)oc3ccccc34)cc2)cc1. The predicted molar refractivity (Wildman–Crippen MR) is 597 cm³/mol. The van der Waals surface area contributed by atoms with Crippen molar-refractivity contribution in [2.75, 3.05) is 14.7 Å². The second-order valence-corrected chi connectivity index (χ2v) is 37.8. The molecular formula is C135H89N3O4. The molecule has 0 N–H and O–H groups in total. The molecule has 668 valence electrons. The van der Waals surface area contributed by atoms with Gasteiger partial charge in [0.25, 0.3) is 0 Å². The largest absolute Gasteiger partial charge is 0.456 e. The Morgan fingerprint density at radius 1 is 0.141 bits per heavy atom. The third kappa shape index (κ3) is 14.5. The van der Waals surface area contributed by atoms with E-state index in [1.54, 1.807) is 0 Å². The number of hydrogen-bond donors (Lipinski definition) is 0. The number of benzene rings is 24. The molecule has 0 atom stereocenters. The first-order valence-electron chi connectivity index (χ1n) is 48.6. The lowest BCUT2D eigenvalue weighted by atomic mass is 9.82. The van der Waals surface area contributed by atoms with Crippen LogP contribution in [-0.4, -0.2) is 0 Å². The van der Waals surface area contributed by atoms with Gasteiger partial charge in [-0.1, -0.05) is 341 Å². The molecule has 1 aliphatic carbocycles. The van der Waals surface area contributed by atoms with E-state index in [-0.39, 0.29) is 5.41 Å². The van der Waals surface area contributed by atoms with Crippen LogP contribution < -0.4 is 14.7 Å². The van der Waals surface area contributed by atoms with E-state index in [0.717, 1.165) is 139 Å². The fraction of sp³-hybridized carbons (Fsp3) is 0.0222. The number of para-hydroxylation sites is 4. The minimum absolute atomic E-state index is 0.0882. The lowest BCUT2D eigenvalue weighted by Crippen LogP contribution is -2.16. The van der Waals surface area contributed by atoms with Crippen molar-refractivity contribution in [3.8, 4) is 55.6 Å². The molecule has 4 aromatic heterocycles. The summed E-state index contributed by atoms with van der Waals surface area (Å²) in [7, 11) is 0. The van der Waals surface area contributed by atoms with Crippen molar-refractivity contribution in [3.63, 3.8) is 0 Å². The van der Waals surface area contributed by atoms with E-state index in [1.165, 1.54) is 131 Å². The molecule has 24 aromatic carbocycles. The molecule has 0 saturated heterocycles. The zero-order chi connectivity index (χ0) is 94.0. The van der Waals surface area contributed by atoms with Crippen molar-refractivity contribution in [2.24, 2.45) is 0 Å². The van der Waals surface area contributed by atoms with Gasteiger partial charge in [-0.15, -0.1) is 0 Å². The Balaban J connectivity index is 0.000000107. The smallest absolute Gasteiger partial charge is 0.137 e. The van der Waals surface area contributed by atoms with Crippen LogP contribution in [0.3, 0.4) is 0 Å². The summed E-state index contributed by atoms with van der Waals surface area (Å²) < 4.78 is 25.2. The van der Waals surface area contributed by atoms with Crippen LogP contribution in [0.15, 0.2) is 521 Å². The summed E-state index contributed by atoms with van der Waals surface area (Å²) in [6.07, 6.45) is 0. The number of rotatable bonds is 13. The second-order valence-electron chi connectivity index (χ2n) is 37.8. The molecule has 0 unspecified atom stereocenters. The number of anilines is 9. The highest BCUT2D eigenvalue weighted by Gasteiger charge is 2.36. The van der Waals surface area contributed by atoms with Gasteiger partial charge in [-0.05, 0) is 301 Å². The fourth-order valence-corrected chi connectivity index (χ4v) is 22.0. The van der Waals surface area contributed by atoms with Crippen LogP contribution in [0.5, 0.6) is 0 Å². The maximum Gasteiger partial charge on any atom is 0.137 e. The average molecular weight is 1820 g/mol. The van der Waals surface area contributed by atoms with Gasteiger partial charge in [-0.2, -0.15) is 0 Å². The van der Waals surface area contributed by atoms with E-state index < -0.39 is 0 Å². The molecule has 28 aromatic rings. The highest BCUT2D eigenvalue weighted by molar-refractivity contribution is 6.20.